The summed E-state index contributed by atoms with van der Waals surface area (Å²) in [6, 6.07) is 15.9. The molecule has 5 rings (SSSR count). The van der Waals surface area contributed by atoms with E-state index in [1.54, 1.807) is 17.8 Å². The lowest BCUT2D eigenvalue weighted by atomic mass is 10.2. The van der Waals surface area contributed by atoms with Gasteiger partial charge < -0.3 is 9.15 Å². The summed E-state index contributed by atoms with van der Waals surface area (Å²) >= 11 is 8.44. The van der Waals surface area contributed by atoms with Crippen molar-refractivity contribution in [1.29, 1.82) is 0 Å². The lowest BCUT2D eigenvalue weighted by molar-refractivity contribution is 0.404. The van der Waals surface area contributed by atoms with Crippen molar-refractivity contribution in [3.8, 4) is 10.9 Å². The zero-order valence-electron chi connectivity index (χ0n) is 16.5. The second-order valence-electron chi connectivity index (χ2n) is 6.69. The lowest BCUT2D eigenvalue weighted by Crippen LogP contribution is -2.20. The summed E-state index contributed by atoms with van der Waals surface area (Å²) in [5.74, 6) is 0.405. The number of pyridine rings is 1. The van der Waals surface area contributed by atoms with Gasteiger partial charge in [-0.15, -0.1) is 0 Å². The van der Waals surface area contributed by atoms with Crippen LogP contribution in [0.3, 0.4) is 0 Å². The molecule has 2 aromatic carbocycles. The first-order valence-corrected chi connectivity index (χ1v) is 11.3. The van der Waals surface area contributed by atoms with Crippen molar-refractivity contribution in [3.05, 3.63) is 75.5 Å². The fourth-order valence-corrected chi connectivity index (χ4v) is 5.51. The van der Waals surface area contributed by atoms with Crippen molar-refractivity contribution in [1.82, 2.24) is 14.5 Å². The third-order valence-corrected chi connectivity index (χ3v) is 7.16. The first kappa shape index (κ1) is 19.9. The summed E-state index contributed by atoms with van der Waals surface area (Å²) in [7, 11) is 1.50. The van der Waals surface area contributed by atoms with Crippen molar-refractivity contribution >= 4 is 56.6 Å². The van der Waals surface area contributed by atoms with Gasteiger partial charge in [-0.05, 0) is 49.0 Å². The van der Waals surface area contributed by atoms with Crippen LogP contribution in [0.5, 0.6) is 5.75 Å². The van der Waals surface area contributed by atoms with Crippen LogP contribution in [0, 0.1) is 11.8 Å². The average Bonchev–Trinajstić information content (AvgIpc) is 3.18. The molecule has 0 aliphatic carbocycles. The Kier molecular flexibility index (Phi) is 5.09. The van der Waals surface area contributed by atoms with Crippen molar-refractivity contribution in [3.63, 3.8) is 0 Å². The highest BCUT2D eigenvalue weighted by atomic mass is 32.2. The maximum atomic E-state index is 13.1. The maximum absolute atomic E-state index is 13.1. The van der Waals surface area contributed by atoms with E-state index in [0.717, 1.165) is 15.1 Å². The minimum absolute atomic E-state index is 0.00244. The highest BCUT2D eigenvalue weighted by molar-refractivity contribution is 7.99. The summed E-state index contributed by atoms with van der Waals surface area (Å²) in [6.07, 6.45) is 1.50. The molecule has 6 nitrogen and oxygen atoms in total. The van der Waals surface area contributed by atoms with Gasteiger partial charge in [0.1, 0.15) is 0 Å². The number of ether oxygens (including phenoxy) is 1. The molecule has 5 aromatic rings. The summed E-state index contributed by atoms with van der Waals surface area (Å²) in [5, 5.41) is 0.443. The number of nitrogens with zero attached hydrogens (tertiary/aromatic N) is 3. The zero-order chi connectivity index (χ0) is 21.5. The second-order valence-corrected chi connectivity index (χ2v) is 9.17. The zero-order valence-corrected chi connectivity index (χ0v) is 18.9. The smallest absolute Gasteiger partial charge is 0.290 e. The van der Waals surface area contributed by atoms with Gasteiger partial charge in [0.2, 0.25) is 10.7 Å². The highest BCUT2D eigenvalue weighted by Gasteiger charge is 2.17. The lowest BCUT2D eigenvalue weighted by Gasteiger charge is -2.05. The molecule has 0 fully saturated rings. The van der Waals surface area contributed by atoms with Gasteiger partial charge in [-0.3, -0.25) is 4.79 Å². The predicted octanol–water partition coefficient (Wildman–Crippen LogP) is 5.79. The summed E-state index contributed by atoms with van der Waals surface area (Å²) in [6.45, 7) is 2.09. The van der Waals surface area contributed by atoms with E-state index in [1.165, 1.54) is 39.7 Å². The van der Waals surface area contributed by atoms with Crippen LogP contribution in [-0.4, -0.2) is 21.6 Å². The Morgan fingerprint density at radius 3 is 2.84 bits per heavy atom. The molecule has 31 heavy (non-hydrogen) atoms. The molecule has 0 spiro atoms. The quantitative estimate of drug-likeness (QED) is 0.311. The minimum atomic E-state index is -0.390. The van der Waals surface area contributed by atoms with Crippen LogP contribution in [0.25, 0.3) is 26.4 Å². The van der Waals surface area contributed by atoms with Crippen LogP contribution in [-0.2, 0) is 0 Å². The van der Waals surface area contributed by atoms with Crippen molar-refractivity contribution < 1.29 is 9.15 Å². The summed E-state index contributed by atoms with van der Waals surface area (Å²) < 4.78 is 13.2. The van der Waals surface area contributed by atoms with Crippen LogP contribution >= 0.6 is 35.3 Å². The Hall–Kier alpha value is -3.01. The van der Waals surface area contributed by atoms with Gasteiger partial charge in [0.05, 0.1) is 17.3 Å². The standard InChI is InChI=1S/C22H15N3O3S3/c1-12-5-3-4-6-16(12)30-13-7-8-14-17(11-13)31-21(24-14)25-20(26)18-19(28-22(25)29)15(27-2)9-10-23-18/h3-11H,1-2H3. The van der Waals surface area contributed by atoms with Crippen LogP contribution < -0.4 is 10.3 Å². The number of hydrogen-bond donors (Lipinski definition) is 0. The molecule has 0 aliphatic heterocycles. The number of methoxy groups -OCH3 is 1. The Balaban J connectivity index is 1.61. The molecule has 0 bridgehead atoms. The molecule has 0 saturated heterocycles. The molecule has 154 valence electrons. The Labute approximate surface area is 190 Å². The van der Waals surface area contributed by atoms with Crippen molar-refractivity contribution in [2.45, 2.75) is 16.7 Å². The van der Waals surface area contributed by atoms with Crippen molar-refractivity contribution in [2.24, 2.45) is 0 Å². The number of aromatic nitrogens is 3. The first-order valence-electron chi connectivity index (χ1n) is 9.28. The number of thiazole rings is 1. The molecule has 0 radical (unpaired) electrons. The largest absolute Gasteiger partial charge is 0.493 e. The molecule has 0 aliphatic rings. The molecular formula is C22H15N3O3S3. The topological polar surface area (TPSA) is 70.2 Å². The SMILES string of the molecule is COc1ccnc2c(=O)n(-c3nc4ccc(Sc5ccccc5C)cc4s3)c(=S)oc12. The Morgan fingerprint density at radius 2 is 2.03 bits per heavy atom. The Bertz CT molecular complexity index is 1570. The van der Waals surface area contributed by atoms with Crippen LogP contribution in [0.15, 0.2) is 73.7 Å². The first-order chi connectivity index (χ1) is 15.0. The third kappa shape index (κ3) is 3.54. The van der Waals surface area contributed by atoms with E-state index in [2.05, 4.69) is 35.1 Å². The van der Waals surface area contributed by atoms with Gasteiger partial charge in [-0.2, -0.15) is 0 Å². The molecule has 0 amide bonds. The second kappa shape index (κ2) is 7.92. The molecule has 0 unspecified atom stereocenters. The van der Waals surface area contributed by atoms with E-state index in [4.69, 9.17) is 21.4 Å². The fraction of sp³-hybridized carbons (Fsp3) is 0.0909. The van der Waals surface area contributed by atoms with Gasteiger partial charge in [0, 0.05) is 22.1 Å². The van der Waals surface area contributed by atoms with Gasteiger partial charge >= 0.3 is 0 Å². The normalized spacial score (nSPS) is 11.3. The van der Waals surface area contributed by atoms with E-state index in [1.807, 2.05) is 24.3 Å². The maximum Gasteiger partial charge on any atom is 0.290 e. The third-order valence-electron chi connectivity index (χ3n) is 4.73. The summed E-state index contributed by atoms with van der Waals surface area (Å²) in [4.78, 5) is 24.2. The number of aryl methyl sites for hydroxylation is 1. The van der Waals surface area contributed by atoms with Gasteiger partial charge in [-0.1, -0.05) is 41.3 Å². The van der Waals surface area contributed by atoms with Crippen LogP contribution in [0.4, 0.5) is 0 Å². The molecule has 3 aromatic heterocycles. The van der Waals surface area contributed by atoms with E-state index < -0.39 is 5.56 Å². The molecule has 0 N–H and O–H groups in total. The van der Waals surface area contributed by atoms with E-state index >= 15 is 0 Å². The van der Waals surface area contributed by atoms with E-state index in [9.17, 15) is 4.79 Å². The highest BCUT2D eigenvalue weighted by Crippen LogP contribution is 2.34. The molecule has 3 heterocycles. The number of benzene rings is 2. The fourth-order valence-electron chi connectivity index (χ4n) is 3.18. The monoisotopic (exact) mass is 465 g/mol. The van der Waals surface area contributed by atoms with Gasteiger partial charge in [0.25, 0.3) is 10.4 Å². The number of rotatable bonds is 4. The average molecular weight is 466 g/mol. The van der Waals surface area contributed by atoms with Crippen LogP contribution in [0.1, 0.15) is 5.56 Å². The Morgan fingerprint density at radius 1 is 1.19 bits per heavy atom. The predicted molar refractivity (Wildman–Crippen MR) is 125 cm³/mol. The minimum Gasteiger partial charge on any atom is -0.493 e. The molecule has 9 heteroatoms. The van der Waals surface area contributed by atoms with E-state index in [0.29, 0.717) is 10.9 Å². The van der Waals surface area contributed by atoms with E-state index in [-0.39, 0.29) is 15.9 Å². The summed E-state index contributed by atoms with van der Waals surface area (Å²) in [5.41, 5.74) is 1.99. The molecule has 0 saturated carbocycles. The van der Waals surface area contributed by atoms with Gasteiger partial charge in [0.15, 0.2) is 11.3 Å². The number of fused-ring (bicyclic) bond motifs is 2. The van der Waals surface area contributed by atoms with Crippen molar-refractivity contribution in [2.75, 3.05) is 7.11 Å². The molecular weight excluding hydrogens is 450 g/mol. The van der Waals surface area contributed by atoms with Crippen LogP contribution in [0.2, 0.25) is 0 Å². The number of hydrogen-bond acceptors (Lipinski definition) is 8. The molecule has 0 atom stereocenters. The van der Waals surface area contributed by atoms with Gasteiger partial charge in [-0.25, -0.2) is 14.5 Å².